The van der Waals surface area contributed by atoms with Gasteiger partial charge in [0.05, 0.1) is 17.6 Å². The molecule has 2 aromatic heterocycles. The quantitative estimate of drug-likeness (QED) is 0.123. The fourth-order valence-corrected chi connectivity index (χ4v) is 8.23. The fourth-order valence-electron chi connectivity index (χ4n) is 8.23. The monoisotopic (exact) mass is 805 g/mol. The van der Waals surface area contributed by atoms with Gasteiger partial charge in [-0.25, -0.2) is 4.98 Å². The van der Waals surface area contributed by atoms with Crippen molar-refractivity contribution in [3.8, 4) is 67.3 Å². The van der Waals surface area contributed by atoms with Gasteiger partial charge in [0.15, 0.2) is 6.20 Å². The number of pyridine rings is 2. The number of phenolic OH excluding ortho intramolecular Hbond substituents is 1. The molecular formula is C58H64N2O. The molecule has 2 heterocycles. The smallest absolute Gasteiger partial charge is 0.152 e. The van der Waals surface area contributed by atoms with Crippen LogP contribution in [0.3, 0.4) is 0 Å². The zero-order valence-electron chi connectivity index (χ0n) is 38.7. The summed E-state index contributed by atoms with van der Waals surface area (Å²) in [5.74, 6) is 0.790. The van der Waals surface area contributed by atoms with Gasteiger partial charge < -0.3 is 5.11 Å². The van der Waals surface area contributed by atoms with E-state index in [1.807, 2.05) is 6.07 Å². The maximum atomic E-state index is 12.4. The summed E-state index contributed by atoms with van der Waals surface area (Å²) in [5.41, 5.74) is 16.7. The first kappa shape index (κ1) is 43.3. The van der Waals surface area contributed by atoms with Crippen molar-refractivity contribution in [1.29, 1.82) is 0 Å². The van der Waals surface area contributed by atoms with Crippen molar-refractivity contribution in [2.24, 2.45) is 0 Å². The number of rotatable bonds is 8. The van der Waals surface area contributed by atoms with Crippen LogP contribution in [0.1, 0.15) is 130 Å². The average molecular weight is 805 g/mol. The van der Waals surface area contributed by atoms with E-state index >= 15 is 0 Å². The Labute approximate surface area is 366 Å². The van der Waals surface area contributed by atoms with Gasteiger partial charge in [-0.1, -0.05) is 181 Å². The third kappa shape index (κ3) is 9.27. The van der Waals surface area contributed by atoms with Crippen LogP contribution in [0.2, 0.25) is 0 Å². The topological polar surface area (TPSA) is 37.0 Å². The first-order valence-electron chi connectivity index (χ1n) is 22.0. The van der Waals surface area contributed by atoms with Crippen LogP contribution >= 0.6 is 0 Å². The molecule has 61 heavy (non-hydrogen) atoms. The molecule has 312 valence electrons. The Bertz CT molecular complexity index is 2650. The van der Waals surface area contributed by atoms with Gasteiger partial charge in [-0.15, -0.1) is 6.07 Å². The van der Waals surface area contributed by atoms with Crippen LogP contribution in [-0.4, -0.2) is 10.1 Å². The minimum absolute atomic E-state index is 0.146. The highest BCUT2D eigenvalue weighted by molar-refractivity contribution is 5.85. The molecule has 7 aromatic rings. The van der Waals surface area contributed by atoms with Crippen molar-refractivity contribution in [3.63, 3.8) is 0 Å². The third-order valence-corrected chi connectivity index (χ3v) is 11.9. The molecule has 0 unspecified atom stereocenters. The summed E-state index contributed by atoms with van der Waals surface area (Å²) in [6.45, 7) is 29.2. The van der Waals surface area contributed by atoms with Crippen molar-refractivity contribution in [3.05, 3.63) is 168 Å². The van der Waals surface area contributed by atoms with Gasteiger partial charge in [0, 0.05) is 11.1 Å². The molecule has 0 bridgehead atoms. The van der Waals surface area contributed by atoms with Gasteiger partial charge in [-0.2, -0.15) is 0 Å². The highest BCUT2D eigenvalue weighted by Crippen LogP contribution is 2.46. The maximum Gasteiger partial charge on any atom is 0.152 e. The lowest BCUT2D eigenvalue weighted by Gasteiger charge is -2.28. The molecule has 0 saturated heterocycles. The van der Waals surface area contributed by atoms with Crippen LogP contribution in [0, 0.1) is 6.20 Å². The number of hydrogen-bond acceptors (Lipinski definition) is 2. The van der Waals surface area contributed by atoms with Crippen LogP contribution in [0.5, 0.6) is 5.75 Å². The molecule has 0 fully saturated rings. The molecule has 3 heteroatoms. The number of aromatic hydroxyl groups is 1. The SMILES string of the molecule is CC(C)c1cc(-c2ccccc2)cc(C(C)C)c1-c1cc(-c2cc(-[n+]3[c-]ccc(-c4ccccc4)c3)cc(C(C)(C)C)c2)nc(-c2cc(C(C)(C)C)cc(C(C)(C)C)c2O)c1. The van der Waals surface area contributed by atoms with Crippen LogP contribution in [-0.2, 0) is 16.2 Å². The Morgan fingerprint density at radius 3 is 1.59 bits per heavy atom. The second kappa shape index (κ2) is 16.6. The summed E-state index contributed by atoms with van der Waals surface area (Å²) in [6, 6.07) is 45.8. The number of nitrogens with zero attached hydrogens (tertiary/aromatic N) is 2. The highest BCUT2D eigenvalue weighted by Gasteiger charge is 2.28. The van der Waals surface area contributed by atoms with E-state index in [0.29, 0.717) is 0 Å². The van der Waals surface area contributed by atoms with Crippen molar-refractivity contribution in [2.45, 2.75) is 118 Å². The second-order valence-corrected chi connectivity index (χ2v) is 20.6. The van der Waals surface area contributed by atoms with Crippen molar-refractivity contribution >= 4 is 0 Å². The Kier molecular flexibility index (Phi) is 11.8. The van der Waals surface area contributed by atoms with Crippen molar-refractivity contribution in [2.75, 3.05) is 0 Å². The van der Waals surface area contributed by atoms with Crippen molar-refractivity contribution < 1.29 is 9.67 Å². The molecule has 0 aliphatic rings. The molecule has 3 nitrogen and oxygen atoms in total. The van der Waals surface area contributed by atoms with Gasteiger partial charge in [0.2, 0.25) is 0 Å². The standard InChI is InChI=1S/C58H64N2O/c1-37(2)48-29-42(40-23-18-15-19-24-40)30-49(38(3)4)54(48)44-31-52(59-53(32-44)50-34-46(57(8,9)10)35-51(55(50)61)58(11,12)13)43-27-45(56(5,6)7)33-47(28-43)60-26-20-25-41(36-60)39-21-16-14-17-22-39/h14-25,27-38,61H,1-13H3. The number of benzene rings is 5. The van der Waals surface area contributed by atoms with E-state index < -0.39 is 0 Å². The van der Waals surface area contributed by atoms with Gasteiger partial charge in [-0.05, 0) is 120 Å². The highest BCUT2D eigenvalue weighted by atomic mass is 16.3. The van der Waals surface area contributed by atoms with E-state index in [1.165, 1.54) is 38.9 Å². The zero-order valence-corrected chi connectivity index (χ0v) is 38.7. The van der Waals surface area contributed by atoms with E-state index in [2.05, 4.69) is 228 Å². The number of phenols is 1. The van der Waals surface area contributed by atoms with Gasteiger partial charge in [0.1, 0.15) is 11.4 Å². The molecule has 0 spiro atoms. The Morgan fingerprint density at radius 2 is 1.05 bits per heavy atom. The first-order valence-corrected chi connectivity index (χ1v) is 22.0. The zero-order chi connectivity index (χ0) is 44.0. The van der Waals surface area contributed by atoms with E-state index in [1.54, 1.807) is 0 Å². The Morgan fingerprint density at radius 1 is 0.508 bits per heavy atom. The lowest BCUT2D eigenvalue weighted by molar-refractivity contribution is -0.599. The number of aromatic nitrogens is 2. The molecule has 0 saturated carbocycles. The summed E-state index contributed by atoms with van der Waals surface area (Å²) in [5, 5.41) is 12.4. The molecule has 0 radical (unpaired) electrons. The molecular weight excluding hydrogens is 741 g/mol. The average Bonchev–Trinajstić information content (AvgIpc) is 3.22. The van der Waals surface area contributed by atoms with Crippen LogP contribution in [0.4, 0.5) is 0 Å². The third-order valence-electron chi connectivity index (χ3n) is 11.9. The largest absolute Gasteiger partial charge is 0.507 e. The minimum Gasteiger partial charge on any atom is -0.507 e. The second-order valence-electron chi connectivity index (χ2n) is 20.6. The summed E-state index contributed by atoms with van der Waals surface area (Å²) in [4.78, 5) is 5.56. The predicted molar refractivity (Wildman–Crippen MR) is 258 cm³/mol. The fraction of sp³-hybridized carbons (Fsp3) is 0.310. The molecule has 7 rings (SSSR count). The van der Waals surface area contributed by atoms with Crippen LogP contribution < -0.4 is 4.57 Å². The molecule has 0 amide bonds. The predicted octanol–water partition coefficient (Wildman–Crippen LogP) is 15.3. The normalized spacial score (nSPS) is 12.4. The maximum absolute atomic E-state index is 12.4. The van der Waals surface area contributed by atoms with Gasteiger partial charge in [0.25, 0.3) is 0 Å². The van der Waals surface area contributed by atoms with Crippen LogP contribution in [0.15, 0.2) is 134 Å². The summed E-state index contributed by atoms with van der Waals surface area (Å²) in [6.07, 6.45) is 5.66. The van der Waals surface area contributed by atoms with Gasteiger partial charge >= 0.3 is 0 Å². The minimum atomic E-state index is -0.290. The molecule has 1 N–H and O–H groups in total. The van der Waals surface area contributed by atoms with Crippen LogP contribution in [0.25, 0.3) is 61.6 Å². The van der Waals surface area contributed by atoms with Gasteiger partial charge in [-0.3, -0.25) is 4.57 Å². The Hall–Kier alpha value is -5.80. The first-order chi connectivity index (χ1) is 28.7. The lowest BCUT2D eigenvalue weighted by Crippen LogP contribution is -2.31. The molecule has 0 aliphatic carbocycles. The number of hydrogen-bond donors (Lipinski definition) is 1. The lowest BCUT2D eigenvalue weighted by atomic mass is 9.78. The van der Waals surface area contributed by atoms with E-state index in [4.69, 9.17) is 4.98 Å². The molecule has 5 aromatic carbocycles. The Balaban J connectivity index is 1.57. The van der Waals surface area contributed by atoms with E-state index in [9.17, 15) is 5.11 Å². The van der Waals surface area contributed by atoms with Crippen molar-refractivity contribution in [1.82, 2.24) is 4.98 Å². The summed E-state index contributed by atoms with van der Waals surface area (Å²) in [7, 11) is 0. The molecule has 0 atom stereocenters. The van der Waals surface area contributed by atoms with E-state index in [-0.39, 0.29) is 33.8 Å². The summed E-state index contributed by atoms with van der Waals surface area (Å²) >= 11 is 0. The van der Waals surface area contributed by atoms with E-state index in [0.717, 1.165) is 50.5 Å². The summed E-state index contributed by atoms with van der Waals surface area (Å²) < 4.78 is 2.11. The molecule has 0 aliphatic heterocycles.